The number of carbonyl (C=O) groups is 1. The third-order valence-corrected chi connectivity index (χ3v) is 4.77. The van der Waals surface area contributed by atoms with Crippen molar-refractivity contribution in [1.29, 1.82) is 0 Å². The highest BCUT2D eigenvalue weighted by Crippen LogP contribution is 2.17. The van der Waals surface area contributed by atoms with E-state index in [1.165, 1.54) is 0 Å². The number of amides is 2. The zero-order valence-electron chi connectivity index (χ0n) is 16.1. The number of nitrogens with one attached hydrogen (secondary N) is 2. The molecular weight excluding hydrogens is 386 g/mol. The van der Waals surface area contributed by atoms with Crippen LogP contribution in [0.1, 0.15) is 11.1 Å². The summed E-state index contributed by atoms with van der Waals surface area (Å²) in [4.78, 5) is 14.7. The van der Waals surface area contributed by atoms with Crippen molar-refractivity contribution in [2.75, 3.05) is 16.3 Å². The van der Waals surface area contributed by atoms with E-state index in [1.54, 1.807) is 29.2 Å². The summed E-state index contributed by atoms with van der Waals surface area (Å²) in [5.74, 6) is 0. The molecule has 0 atom stereocenters. The molecule has 3 aromatic carbocycles. The van der Waals surface area contributed by atoms with Gasteiger partial charge in [-0.15, -0.1) is 0 Å². The van der Waals surface area contributed by atoms with Gasteiger partial charge in [0, 0.05) is 24.5 Å². The summed E-state index contributed by atoms with van der Waals surface area (Å²) < 4.78 is 25.0. The lowest BCUT2D eigenvalue weighted by atomic mass is 10.2. The molecule has 0 aliphatic rings. The van der Waals surface area contributed by atoms with Crippen LogP contribution in [0, 0.1) is 0 Å². The second-order valence-electron chi connectivity index (χ2n) is 6.71. The second kappa shape index (κ2) is 9.25. The summed E-state index contributed by atoms with van der Waals surface area (Å²) in [5, 5.41) is 2.88. The Labute approximate surface area is 171 Å². The molecule has 0 aliphatic heterocycles. The van der Waals surface area contributed by atoms with Crippen LogP contribution in [0.4, 0.5) is 16.2 Å². The first kappa shape index (κ1) is 20.4. The number of hydrogen-bond acceptors (Lipinski definition) is 3. The molecule has 3 rings (SSSR count). The monoisotopic (exact) mass is 409 g/mol. The van der Waals surface area contributed by atoms with Crippen molar-refractivity contribution >= 4 is 27.4 Å². The molecule has 3 aromatic rings. The summed E-state index contributed by atoms with van der Waals surface area (Å²) in [7, 11) is -3.34. The van der Waals surface area contributed by atoms with Crippen LogP contribution in [0.5, 0.6) is 0 Å². The van der Waals surface area contributed by atoms with Crippen molar-refractivity contribution in [2.45, 2.75) is 13.1 Å². The van der Waals surface area contributed by atoms with Gasteiger partial charge >= 0.3 is 6.03 Å². The number of sulfonamides is 1. The molecule has 0 saturated heterocycles. The molecule has 150 valence electrons. The molecule has 0 bridgehead atoms. The van der Waals surface area contributed by atoms with Gasteiger partial charge in [-0.3, -0.25) is 4.72 Å². The maximum atomic E-state index is 12.9. The molecule has 29 heavy (non-hydrogen) atoms. The van der Waals surface area contributed by atoms with E-state index in [2.05, 4.69) is 10.0 Å². The van der Waals surface area contributed by atoms with Crippen LogP contribution in [0.2, 0.25) is 0 Å². The van der Waals surface area contributed by atoms with E-state index >= 15 is 0 Å². The van der Waals surface area contributed by atoms with Crippen molar-refractivity contribution in [3.63, 3.8) is 0 Å². The molecule has 2 N–H and O–H groups in total. The number of carbonyl (C=O) groups excluding carboxylic acids is 1. The Balaban J connectivity index is 1.73. The van der Waals surface area contributed by atoms with Gasteiger partial charge < -0.3 is 10.2 Å². The summed E-state index contributed by atoms with van der Waals surface area (Å²) in [6.45, 7) is 0.935. The van der Waals surface area contributed by atoms with Gasteiger partial charge in [-0.25, -0.2) is 13.2 Å². The number of benzene rings is 3. The van der Waals surface area contributed by atoms with E-state index in [-0.39, 0.29) is 6.03 Å². The summed E-state index contributed by atoms with van der Waals surface area (Å²) in [6, 6.07) is 25.9. The molecular formula is C22H23N3O3S. The third kappa shape index (κ3) is 6.65. The molecule has 0 saturated carbocycles. The lowest BCUT2D eigenvalue weighted by Crippen LogP contribution is -2.34. The lowest BCUT2D eigenvalue weighted by Gasteiger charge is -2.23. The quantitative estimate of drug-likeness (QED) is 0.611. The van der Waals surface area contributed by atoms with Crippen LogP contribution in [0.15, 0.2) is 84.9 Å². The highest BCUT2D eigenvalue weighted by Gasteiger charge is 2.15. The predicted molar refractivity (Wildman–Crippen MR) is 116 cm³/mol. The Morgan fingerprint density at radius 3 is 1.66 bits per heavy atom. The molecule has 0 unspecified atom stereocenters. The predicted octanol–water partition coefficient (Wildman–Crippen LogP) is 4.29. The number of hydrogen-bond donors (Lipinski definition) is 2. The third-order valence-electron chi connectivity index (χ3n) is 4.16. The van der Waals surface area contributed by atoms with Crippen molar-refractivity contribution in [3.05, 3.63) is 96.1 Å². The number of nitrogens with zero attached hydrogens (tertiary/aromatic N) is 1. The highest BCUT2D eigenvalue weighted by atomic mass is 32.2. The topological polar surface area (TPSA) is 78.5 Å². The van der Waals surface area contributed by atoms with Crippen molar-refractivity contribution in [2.24, 2.45) is 0 Å². The van der Waals surface area contributed by atoms with Gasteiger partial charge in [-0.2, -0.15) is 0 Å². The van der Waals surface area contributed by atoms with E-state index in [4.69, 9.17) is 0 Å². The largest absolute Gasteiger partial charge is 0.322 e. The minimum absolute atomic E-state index is 0.235. The molecule has 0 radical (unpaired) electrons. The molecule has 7 heteroatoms. The Bertz CT molecular complexity index is 996. The zero-order valence-corrected chi connectivity index (χ0v) is 16.9. The van der Waals surface area contributed by atoms with E-state index < -0.39 is 10.0 Å². The first-order valence-corrected chi connectivity index (χ1v) is 11.0. The van der Waals surface area contributed by atoms with Crippen LogP contribution >= 0.6 is 0 Å². The molecule has 6 nitrogen and oxygen atoms in total. The molecule has 2 amide bonds. The van der Waals surface area contributed by atoms with Crippen molar-refractivity contribution in [1.82, 2.24) is 4.90 Å². The van der Waals surface area contributed by atoms with Crippen molar-refractivity contribution in [3.8, 4) is 0 Å². The van der Waals surface area contributed by atoms with Crippen LogP contribution in [-0.4, -0.2) is 25.6 Å². The van der Waals surface area contributed by atoms with Crippen molar-refractivity contribution < 1.29 is 13.2 Å². The Kier molecular flexibility index (Phi) is 6.51. The number of rotatable bonds is 7. The minimum atomic E-state index is -3.34. The molecule has 0 aliphatic carbocycles. The second-order valence-corrected chi connectivity index (χ2v) is 8.46. The van der Waals surface area contributed by atoms with Crippen LogP contribution in [-0.2, 0) is 23.1 Å². The van der Waals surface area contributed by atoms with Crippen LogP contribution < -0.4 is 10.0 Å². The smallest absolute Gasteiger partial charge is 0.316 e. The van der Waals surface area contributed by atoms with Gasteiger partial charge in [0.15, 0.2) is 0 Å². The average Bonchev–Trinajstić information content (AvgIpc) is 2.69. The Hall–Kier alpha value is -3.32. The minimum Gasteiger partial charge on any atom is -0.316 e. The lowest BCUT2D eigenvalue weighted by molar-refractivity contribution is 0.206. The van der Waals surface area contributed by atoms with Gasteiger partial charge in [-0.05, 0) is 35.4 Å². The summed E-state index contributed by atoms with van der Waals surface area (Å²) >= 11 is 0. The van der Waals surface area contributed by atoms with E-state index in [1.807, 2.05) is 60.7 Å². The SMILES string of the molecule is CS(=O)(=O)Nc1ccc(NC(=O)N(Cc2ccccc2)Cc2ccccc2)cc1. The first-order valence-electron chi connectivity index (χ1n) is 9.11. The zero-order chi connectivity index (χ0) is 20.7. The fourth-order valence-corrected chi connectivity index (χ4v) is 3.41. The Morgan fingerprint density at radius 2 is 1.21 bits per heavy atom. The van der Waals surface area contributed by atoms with E-state index in [9.17, 15) is 13.2 Å². The average molecular weight is 410 g/mol. The fourth-order valence-electron chi connectivity index (χ4n) is 2.85. The molecule has 0 aromatic heterocycles. The number of urea groups is 1. The molecule has 0 fully saturated rings. The normalized spacial score (nSPS) is 10.9. The summed E-state index contributed by atoms with van der Waals surface area (Å²) in [6.07, 6.45) is 1.09. The van der Waals surface area contributed by atoms with Gasteiger partial charge in [0.05, 0.1) is 6.26 Å². The number of anilines is 2. The van der Waals surface area contributed by atoms with Gasteiger partial charge in [-0.1, -0.05) is 60.7 Å². The van der Waals surface area contributed by atoms with Gasteiger partial charge in [0.1, 0.15) is 0 Å². The highest BCUT2D eigenvalue weighted by molar-refractivity contribution is 7.92. The summed E-state index contributed by atoms with van der Waals surface area (Å²) in [5.41, 5.74) is 3.09. The fraction of sp³-hybridized carbons (Fsp3) is 0.136. The van der Waals surface area contributed by atoms with Gasteiger partial charge in [0.25, 0.3) is 0 Å². The van der Waals surface area contributed by atoms with E-state index in [0.717, 1.165) is 17.4 Å². The molecule has 0 heterocycles. The van der Waals surface area contributed by atoms with Gasteiger partial charge in [0.2, 0.25) is 10.0 Å². The first-order chi connectivity index (χ1) is 13.9. The Morgan fingerprint density at radius 1 is 0.759 bits per heavy atom. The van der Waals surface area contributed by atoms with E-state index in [0.29, 0.717) is 24.5 Å². The van der Waals surface area contributed by atoms with Crippen LogP contribution in [0.3, 0.4) is 0 Å². The standard InChI is InChI=1S/C22H23N3O3S/c1-29(27,28)24-21-14-12-20(13-15-21)23-22(26)25(16-18-8-4-2-5-9-18)17-19-10-6-3-7-11-19/h2-15,24H,16-17H2,1H3,(H,23,26). The van der Waals surface area contributed by atoms with Crippen LogP contribution in [0.25, 0.3) is 0 Å². The molecule has 0 spiro atoms. The maximum Gasteiger partial charge on any atom is 0.322 e. The maximum absolute atomic E-state index is 12.9.